The lowest BCUT2D eigenvalue weighted by atomic mass is 11.3. The molecule has 0 radical (unpaired) electrons. The smallest absolute Gasteiger partial charge is 0.198 e. The van der Waals surface area contributed by atoms with Crippen LogP contribution in [-0.2, 0) is 0 Å². The molecule has 0 spiro atoms. The van der Waals surface area contributed by atoms with Gasteiger partial charge >= 0.3 is 0 Å². The van der Waals surface area contributed by atoms with Gasteiger partial charge in [0, 0.05) is 0 Å². The molecule has 0 saturated heterocycles. The highest BCUT2D eigenvalue weighted by molar-refractivity contribution is 3.35. The lowest BCUT2D eigenvalue weighted by Crippen LogP contribution is -2.74. The van der Waals surface area contributed by atoms with E-state index in [9.17, 15) is 0 Å². The van der Waals surface area contributed by atoms with Crippen LogP contribution in [0, 0.1) is 0 Å². The van der Waals surface area contributed by atoms with E-state index < -0.39 is 0 Å². The van der Waals surface area contributed by atoms with Crippen LogP contribution in [0.15, 0.2) is 0 Å². The zero-order valence-corrected chi connectivity index (χ0v) is 3.02. The van der Waals surface area contributed by atoms with Crippen LogP contribution in [0.1, 0.15) is 0 Å². The molecule has 4 heteroatoms. The zero-order chi connectivity index (χ0) is 2.71. The third-order valence-electron chi connectivity index (χ3n) is 0. The van der Waals surface area contributed by atoms with E-state index in [1.54, 1.807) is 0 Å². The number of rotatable bonds is 0. The molecule has 0 bridgehead atoms. The molecule has 0 aromatic carbocycles. The van der Waals surface area contributed by atoms with Gasteiger partial charge in [0.2, 0.25) is 0 Å². The molecule has 0 rings (SSSR count). The lowest BCUT2D eigenvalue weighted by Gasteiger charge is -1.49. The summed E-state index contributed by atoms with van der Waals surface area (Å²) in [7, 11) is 0. The average Bonchev–Trinajstić information content (AvgIpc) is 0.918. The molecule has 0 unspecified atom stereocenters. The topological polar surface area (TPSA) is 115 Å². The van der Waals surface area contributed by atoms with E-state index >= 15 is 0 Å². The quantitative estimate of drug-likeness (QED) is 0.304. The van der Waals surface area contributed by atoms with Crippen LogP contribution in [0.5, 0.6) is 0 Å². The van der Waals surface area contributed by atoms with Gasteiger partial charge in [-0.2, -0.15) is 0 Å². The largest absolute Gasteiger partial charge is 0.870 e. The molecule has 0 atom stereocenters. The molecule has 0 saturated carbocycles. The summed E-state index contributed by atoms with van der Waals surface area (Å²) in [5.41, 5.74) is 6.75. The second kappa shape index (κ2) is 43.9. The molecule has 0 fully saturated rings. The molecule has 0 aliphatic carbocycles. The fourth-order valence-electron chi connectivity index (χ4n) is 0. The van der Waals surface area contributed by atoms with E-state index in [1.165, 1.54) is 0 Å². The summed E-state index contributed by atoms with van der Waals surface area (Å²) in [5, 5.41) is 0. The summed E-state index contributed by atoms with van der Waals surface area (Å²) in [6.07, 6.45) is 0. The SMILES string of the molecule is [NH3+]C[NH3+].[OH-].[OH-]. The highest BCUT2D eigenvalue weighted by Gasteiger charge is 1.38. The highest BCUT2D eigenvalue weighted by atomic mass is 16.0. The third kappa shape index (κ3) is 508. The Morgan fingerprint density at radius 1 is 1.00 bits per heavy atom. The minimum absolute atomic E-state index is 0. The molecule has 0 aliphatic rings. The third-order valence-corrected chi connectivity index (χ3v) is 0. The Morgan fingerprint density at radius 2 is 1.00 bits per heavy atom. The standard InChI is InChI=1S/CH6N2.2H2O/c2-1-3;;/h1-3H2;2*1H2. The van der Waals surface area contributed by atoms with E-state index in [1.807, 2.05) is 0 Å². The number of hydrogen-bond acceptors (Lipinski definition) is 2. The van der Waals surface area contributed by atoms with Crippen molar-refractivity contribution in [3.8, 4) is 0 Å². The van der Waals surface area contributed by atoms with Gasteiger partial charge in [0.1, 0.15) is 0 Å². The van der Waals surface area contributed by atoms with Crippen molar-refractivity contribution in [1.29, 1.82) is 0 Å². The average molecular weight is 82.1 g/mol. The molecule has 0 aromatic rings. The van der Waals surface area contributed by atoms with Gasteiger partial charge in [-0.15, -0.1) is 0 Å². The maximum atomic E-state index is 3.38. The minimum Gasteiger partial charge on any atom is -0.870 e. The van der Waals surface area contributed by atoms with Crippen molar-refractivity contribution in [3.05, 3.63) is 0 Å². The van der Waals surface area contributed by atoms with E-state index in [2.05, 4.69) is 11.5 Å². The van der Waals surface area contributed by atoms with Gasteiger partial charge in [-0.25, -0.2) is 0 Å². The van der Waals surface area contributed by atoms with Gasteiger partial charge in [0.05, 0.1) is 0 Å². The van der Waals surface area contributed by atoms with Crippen molar-refractivity contribution in [1.82, 2.24) is 0 Å². The summed E-state index contributed by atoms with van der Waals surface area (Å²) in [6, 6.07) is 0. The van der Waals surface area contributed by atoms with E-state index in [4.69, 9.17) is 0 Å². The highest BCUT2D eigenvalue weighted by Crippen LogP contribution is 0.586. The first-order chi connectivity index (χ1) is 1.41. The Bertz CT molecular complexity index is 7.61. The lowest BCUT2D eigenvalue weighted by molar-refractivity contribution is -0.596. The van der Waals surface area contributed by atoms with Crippen LogP contribution >= 0.6 is 0 Å². The van der Waals surface area contributed by atoms with Crippen molar-refractivity contribution in [2.75, 3.05) is 6.67 Å². The Balaban J connectivity index is -0.0000000200. The first-order valence-electron chi connectivity index (χ1n) is 1.000. The Morgan fingerprint density at radius 3 is 1.00 bits per heavy atom. The first-order valence-corrected chi connectivity index (χ1v) is 1.000. The van der Waals surface area contributed by atoms with Crippen LogP contribution in [0.3, 0.4) is 0 Å². The minimum atomic E-state index is 0. The predicted octanol–water partition coefficient (Wildman–Crippen LogP) is -2.93. The second-order valence-electron chi connectivity index (χ2n) is 0.354. The second-order valence-corrected chi connectivity index (χ2v) is 0.354. The number of hydrogen-bond donors (Lipinski definition) is 2. The molecule has 0 heterocycles. The summed E-state index contributed by atoms with van der Waals surface area (Å²) in [5.74, 6) is 0. The molecular formula is CH10N2O2. The van der Waals surface area contributed by atoms with Crippen molar-refractivity contribution in [2.24, 2.45) is 0 Å². The molecule has 0 aliphatic heterocycles. The fourth-order valence-corrected chi connectivity index (χ4v) is 0. The molecule has 5 heavy (non-hydrogen) atoms. The van der Waals surface area contributed by atoms with Crippen LogP contribution < -0.4 is 11.5 Å². The molecular weight excluding hydrogens is 72.0 g/mol. The van der Waals surface area contributed by atoms with Gasteiger partial charge in [-0.3, -0.25) is 0 Å². The Labute approximate surface area is 30.4 Å². The first kappa shape index (κ1) is 21.1. The monoisotopic (exact) mass is 82.1 g/mol. The van der Waals surface area contributed by atoms with E-state index in [0.29, 0.717) is 0 Å². The van der Waals surface area contributed by atoms with Crippen LogP contribution in [0.25, 0.3) is 0 Å². The maximum Gasteiger partial charge on any atom is 0.198 e. The summed E-state index contributed by atoms with van der Waals surface area (Å²) in [6.45, 7) is 0.750. The van der Waals surface area contributed by atoms with Gasteiger partial charge < -0.3 is 22.4 Å². The Hall–Kier alpha value is -0.160. The van der Waals surface area contributed by atoms with Crippen molar-refractivity contribution >= 4 is 0 Å². The van der Waals surface area contributed by atoms with Crippen molar-refractivity contribution in [3.63, 3.8) is 0 Å². The van der Waals surface area contributed by atoms with Gasteiger partial charge in [0.25, 0.3) is 0 Å². The normalized spacial score (nSPS) is 3.60. The fraction of sp³-hybridized carbons (Fsp3) is 1.00. The maximum absolute atomic E-state index is 3.38. The molecule has 0 aromatic heterocycles. The van der Waals surface area contributed by atoms with Crippen LogP contribution in [-0.4, -0.2) is 17.6 Å². The van der Waals surface area contributed by atoms with Gasteiger partial charge in [0.15, 0.2) is 6.67 Å². The van der Waals surface area contributed by atoms with Crippen LogP contribution in [0.2, 0.25) is 0 Å². The molecule has 8 N–H and O–H groups in total. The van der Waals surface area contributed by atoms with E-state index in [-0.39, 0.29) is 11.0 Å². The summed E-state index contributed by atoms with van der Waals surface area (Å²) >= 11 is 0. The van der Waals surface area contributed by atoms with Crippen molar-refractivity contribution in [2.45, 2.75) is 0 Å². The van der Waals surface area contributed by atoms with Crippen LogP contribution in [0.4, 0.5) is 0 Å². The van der Waals surface area contributed by atoms with Gasteiger partial charge in [-0.05, 0) is 0 Å². The number of quaternary nitrogens is 2. The molecule has 36 valence electrons. The zero-order valence-electron chi connectivity index (χ0n) is 3.02. The summed E-state index contributed by atoms with van der Waals surface area (Å²) < 4.78 is 0. The molecule has 0 amide bonds. The van der Waals surface area contributed by atoms with Crippen molar-refractivity contribution < 1.29 is 22.4 Å². The van der Waals surface area contributed by atoms with Gasteiger partial charge in [-0.1, -0.05) is 0 Å². The predicted molar refractivity (Wildman–Crippen MR) is 14.5 cm³/mol. The summed E-state index contributed by atoms with van der Waals surface area (Å²) in [4.78, 5) is 0. The van der Waals surface area contributed by atoms with E-state index in [0.717, 1.165) is 6.67 Å². The molecule has 4 nitrogen and oxygen atoms in total. The Kier molecular flexibility index (Phi) is 185.